The molecule has 0 aliphatic heterocycles. The molecule has 0 radical (unpaired) electrons. The van der Waals surface area contributed by atoms with Crippen molar-refractivity contribution in [3.8, 4) is 0 Å². The number of nitrogens with zero attached hydrogens (tertiary/aromatic N) is 1. The average Bonchev–Trinajstić information content (AvgIpc) is 2.51. The topological polar surface area (TPSA) is 44.5 Å². The van der Waals surface area contributed by atoms with Crippen LogP contribution in [0.25, 0.3) is 0 Å². The van der Waals surface area contributed by atoms with Crippen molar-refractivity contribution in [3.63, 3.8) is 0 Å². The van der Waals surface area contributed by atoms with Crippen molar-refractivity contribution in [1.82, 2.24) is 15.2 Å². The molecule has 4 heteroatoms. The van der Waals surface area contributed by atoms with Gasteiger partial charge in [-0.25, -0.2) is 4.98 Å². The second-order valence-electron chi connectivity index (χ2n) is 3.28. The first kappa shape index (κ1) is 9.15. The van der Waals surface area contributed by atoms with Gasteiger partial charge < -0.3 is 0 Å². The highest BCUT2D eigenvalue weighted by Crippen LogP contribution is 2.07. The summed E-state index contributed by atoms with van der Waals surface area (Å²) in [5, 5.41) is 5.72. The molecule has 0 saturated carbocycles. The van der Waals surface area contributed by atoms with E-state index in [2.05, 4.69) is 40.3 Å². The van der Waals surface area contributed by atoms with E-state index in [-0.39, 0.29) is 0 Å². The van der Waals surface area contributed by atoms with Crippen LogP contribution in [-0.2, 0) is 6.42 Å². The fraction of sp³-hybridized carbons (Fsp3) is 0.200. The van der Waals surface area contributed by atoms with E-state index in [1.807, 2.05) is 6.07 Å². The van der Waals surface area contributed by atoms with E-state index in [9.17, 15) is 0 Å². The summed E-state index contributed by atoms with van der Waals surface area (Å²) < 4.78 is 0.507. The zero-order chi connectivity index (χ0) is 9.97. The number of aryl methyl sites for hydroxylation is 1. The standard InChI is InChI=1S/C10H11N3S/c1-7-3-2-4-8(5-7)6-9-11-10(14)13-12-9/h2-5H,6H2,1H3,(H2,11,12,13,14). The van der Waals surface area contributed by atoms with E-state index in [1.54, 1.807) is 0 Å². The van der Waals surface area contributed by atoms with Gasteiger partial charge in [-0.1, -0.05) is 29.8 Å². The van der Waals surface area contributed by atoms with Crippen molar-refractivity contribution in [2.24, 2.45) is 0 Å². The smallest absolute Gasteiger partial charge is 0.213 e. The fourth-order valence-corrected chi connectivity index (χ4v) is 1.56. The van der Waals surface area contributed by atoms with Crippen LogP contribution in [0.5, 0.6) is 0 Å². The van der Waals surface area contributed by atoms with Gasteiger partial charge >= 0.3 is 0 Å². The van der Waals surface area contributed by atoms with Gasteiger partial charge in [0.05, 0.1) is 0 Å². The van der Waals surface area contributed by atoms with Crippen LogP contribution in [0.15, 0.2) is 24.3 Å². The monoisotopic (exact) mass is 205 g/mol. The van der Waals surface area contributed by atoms with Gasteiger partial charge in [0.1, 0.15) is 5.82 Å². The molecule has 1 heterocycles. The van der Waals surface area contributed by atoms with E-state index in [0.717, 1.165) is 12.2 Å². The molecule has 1 aromatic heterocycles. The predicted molar refractivity (Wildman–Crippen MR) is 57.8 cm³/mol. The third-order valence-electron chi connectivity index (χ3n) is 2.00. The van der Waals surface area contributed by atoms with Crippen LogP contribution in [0.1, 0.15) is 17.0 Å². The molecular weight excluding hydrogens is 194 g/mol. The molecule has 72 valence electrons. The van der Waals surface area contributed by atoms with Crippen molar-refractivity contribution in [3.05, 3.63) is 46.0 Å². The molecule has 14 heavy (non-hydrogen) atoms. The first-order valence-corrected chi connectivity index (χ1v) is 4.84. The number of rotatable bonds is 2. The Balaban J connectivity index is 2.22. The van der Waals surface area contributed by atoms with Gasteiger partial charge in [0, 0.05) is 6.42 Å². The largest absolute Gasteiger partial charge is 0.285 e. The van der Waals surface area contributed by atoms with Gasteiger partial charge in [-0.05, 0) is 24.7 Å². The van der Waals surface area contributed by atoms with Gasteiger partial charge in [0.25, 0.3) is 0 Å². The zero-order valence-electron chi connectivity index (χ0n) is 7.87. The van der Waals surface area contributed by atoms with E-state index in [0.29, 0.717) is 4.77 Å². The highest BCUT2D eigenvalue weighted by atomic mass is 32.1. The van der Waals surface area contributed by atoms with Crippen LogP contribution in [0.2, 0.25) is 0 Å². The molecule has 0 amide bonds. The lowest BCUT2D eigenvalue weighted by atomic mass is 10.1. The minimum Gasteiger partial charge on any atom is -0.285 e. The summed E-state index contributed by atoms with van der Waals surface area (Å²) in [6, 6.07) is 8.35. The molecule has 0 bridgehead atoms. The summed E-state index contributed by atoms with van der Waals surface area (Å²) in [5.41, 5.74) is 2.50. The lowest BCUT2D eigenvalue weighted by Crippen LogP contribution is -1.91. The minimum absolute atomic E-state index is 0.507. The number of hydrogen-bond acceptors (Lipinski definition) is 2. The molecule has 2 N–H and O–H groups in total. The average molecular weight is 205 g/mol. The maximum atomic E-state index is 4.88. The third-order valence-corrected chi connectivity index (χ3v) is 2.20. The van der Waals surface area contributed by atoms with E-state index in [4.69, 9.17) is 12.2 Å². The molecule has 0 atom stereocenters. The zero-order valence-corrected chi connectivity index (χ0v) is 8.69. The molecule has 0 aliphatic carbocycles. The Morgan fingerprint density at radius 1 is 1.36 bits per heavy atom. The van der Waals surface area contributed by atoms with Gasteiger partial charge in [0.2, 0.25) is 4.77 Å². The van der Waals surface area contributed by atoms with Crippen LogP contribution in [0, 0.1) is 11.7 Å². The van der Waals surface area contributed by atoms with E-state index in [1.165, 1.54) is 11.1 Å². The second-order valence-corrected chi connectivity index (χ2v) is 3.67. The lowest BCUT2D eigenvalue weighted by Gasteiger charge is -1.98. The molecule has 0 saturated heterocycles. The normalized spacial score (nSPS) is 10.4. The first-order valence-electron chi connectivity index (χ1n) is 4.43. The lowest BCUT2D eigenvalue weighted by molar-refractivity contribution is 0.970. The fourth-order valence-electron chi connectivity index (χ4n) is 1.40. The van der Waals surface area contributed by atoms with Gasteiger partial charge in [0.15, 0.2) is 0 Å². The maximum Gasteiger partial charge on any atom is 0.213 e. The molecule has 0 unspecified atom stereocenters. The van der Waals surface area contributed by atoms with Gasteiger partial charge in [-0.15, -0.1) is 0 Å². The molecule has 2 rings (SSSR count). The van der Waals surface area contributed by atoms with Crippen LogP contribution >= 0.6 is 12.2 Å². The Hall–Kier alpha value is -1.42. The Bertz CT molecular complexity index is 484. The number of hydrogen-bond donors (Lipinski definition) is 2. The van der Waals surface area contributed by atoms with Crippen LogP contribution in [-0.4, -0.2) is 15.2 Å². The van der Waals surface area contributed by atoms with Gasteiger partial charge in [-0.3, -0.25) is 10.2 Å². The minimum atomic E-state index is 0.507. The Morgan fingerprint density at radius 3 is 2.86 bits per heavy atom. The molecular formula is C10H11N3S. The highest BCUT2D eigenvalue weighted by molar-refractivity contribution is 7.71. The SMILES string of the molecule is Cc1cccc(Cc2nc(=S)[nH][nH]2)c1. The summed E-state index contributed by atoms with van der Waals surface area (Å²) in [6.07, 6.45) is 0.787. The quantitative estimate of drug-likeness (QED) is 0.739. The van der Waals surface area contributed by atoms with Crippen LogP contribution in [0.4, 0.5) is 0 Å². The van der Waals surface area contributed by atoms with Crippen molar-refractivity contribution in [2.75, 3.05) is 0 Å². The van der Waals surface area contributed by atoms with Crippen LogP contribution in [0.3, 0.4) is 0 Å². The number of H-pyrrole nitrogens is 2. The Morgan fingerprint density at radius 2 is 2.21 bits per heavy atom. The van der Waals surface area contributed by atoms with E-state index >= 15 is 0 Å². The third kappa shape index (κ3) is 2.09. The Kier molecular flexibility index (Phi) is 2.45. The summed E-state index contributed by atoms with van der Waals surface area (Å²) in [5.74, 6) is 0.876. The summed E-state index contributed by atoms with van der Waals surface area (Å²) in [4.78, 5) is 4.14. The van der Waals surface area contributed by atoms with Crippen LogP contribution < -0.4 is 0 Å². The number of benzene rings is 1. The number of aromatic nitrogens is 3. The second kappa shape index (κ2) is 3.75. The number of aromatic amines is 2. The molecule has 0 fully saturated rings. The van der Waals surface area contributed by atoms with Crippen molar-refractivity contribution < 1.29 is 0 Å². The molecule has 0 spiro atoms. The number of nitrogens with one attached hydrogen (secondary N) is 2. The highest BCUT2D eigenvalue weighted by Gasteiger charge is 1.98. The molecule has 2 aromatic rings. The van der Waals surface area contributed by atoms with E-state index < -0.39 is 0 Å². The predicted octanol–water partition coefficient (Wildman–Crippen LogP) is 2.37. The summed E-state index contributed by atoms with van der Waals surface area (Å²) in [7, 11) is 0. The maximum absolute atomic E-state index is 4.88. The van der Waals surface area contributed by atoms with Crippen molar-refractivity contribution >= 4 is 12.2 Å². The van der Waals surface area contributed by atoms with Gasteiger partial charge in [-0.2, -0.15) is 0 Å². The summed E-state index contributed by atoms with van der Waals surface area (Å²) in [6.45, 7) is 2.08. The summed E-state index contributed by atoms with van der Waals surface area (Å²) >= 11 is 4.88. The molecule has 1 aromatic carbocycles. The van der Waals surface area contributed by atoms with Crippen molar-refractivity contribution in [2.45, 2.75) is 13.3 Å². The van der Waals surface area contributed by atoms with Crippen molar-refractivity contribution in [1.29, 1.82) is 0 Å². The first-order chi connectivity index (χ1) is 6.74. The Labute approximate surface area is 87.2 Å². The molecule has 3 nitrogen and oxygen atoms in total. The molecule has 0 aliphatic rings.